The van der Waals surface area contributed by atoms with Crippen LogP contribution in [0.25, 0.3) is 0 Å². The smallest absolute Gasteiger partial charge is 0.261 e. The summed E-state index contributed by atoms with van der Waals surface area (Å²) in [7, 11) is 0. The Labute approximate surface area is 198 Å². The van der Waals surface area contributed by atoms with Crippen molar-refractivity contribution in [1.82, 2.24) is 10.2 Å². The zero-order chi connectivity index (χ0) is 23.2. The number of halogens is 3. The van der Waals surface area contributed by atoms with Gasteiger partial charge in [-0.05, 0) is 57.0 Å². The number of nitrogens with zero attached hydrogens (tertiary/aromatic N) is 1. The highest BCUT2D eigenvalue weighted by Crippen LogP contribution is 2.25. The van der Waals surface area contributed by atoms with E-state index < -0.39 is 11.6 Å². The molecule has 0 radical (unpaired) electrons. The van der Waals surface area contributed by atoms with Crippen molar-refractivity contribution < 1.29 is 14.3 Å². The third-order valence-corrected chi connectivity index (χ3v) is 5.33. The molecular formula is C23H27Cl3N2O3. The van der Waals surface area contributed by atoms with Crippen LogP contribution in [0.1, 0.15) is 39.7 Å². The average molecular weight is 486 g/mol. The minimum atomic E-state index is -0.701. The van der Waals surface area contributed by atoms with E-state index in [1.165, 1.54) is 4.90 Å². The largest absolute Gasteiger partial charge is 0.482 e. The minimum absolute atomic E-state index is 0.136. The van der Waals surface area contributed by atoms with Crippen LogP contribution in [0.4, 0.5) is 0 Å². The summed E-state index contributed by atoms with van der Waals surface area (Å²) in [5.41, 5.74) is 0.241. The van der Waals surface area contributed by atoms with Gasteiger partial charge in [-0.25, -0.2) is 0 Å². The summed E-state index contributed by atoms with van der Waals surface area (Å²) in [6.07, 6.45) is 0.422. The van der Waals surface area contributed by atoms with Gasteiger partial charge in [-0.15, -0.1) is 0 Å². The van der Waals surface area contributed by atoms with Crippen molar-refractivity contribution in [2.75, 3.05) is 6.61 Å². The highest BCUT2D eigenvalue weighted by Gasteiger charge is 2.31. The number of benzene rings is 2. The highest BCUT2D eigenvalue weighted by atomic mass is 35.5. The standard InChI is InChI=1S/C23H27Cl3N2O3/c1-5-19(22(30)27-23(2,3)4)28(13-15-10-11-16(24)12-18(15)26)21(29)14-31-20-9-7-6-8-17(20)25/h6-12,19H,5,13-14H2,1-4H3,(H,27,30)/t19-/m1/s1. The number of para-hydroxylation sites is 1. The van der Waals surface area contributed by atoms with Gasteiger partial charge >= 0.3 is 0 Å². The number of carbonyl (C=O) groups excluding carboxylic acids is 2. The maximum absolute atomic E-state index is 13.2. The first kappa shape index (κ1) is 25.3. The number of rotatable bonds is 8. The summed E-state index contributed by atoms with van der Waals surface area (Å²) in [6.45, 7) is 7.39. The second-order valence-corrected chi connectivity index (χ2v) is 9.39. The van der Waals surface area contributed by atoms with Crippen molar-refractivity contribution in [2.45, 2.75) is 52.2 Å². The van der Waals surface area contributed by atoms with Crippen molar-refractivity contribution in [3.8, 4) is 5.75 Å². The van der Waals surface area contributed by atoms with Crippen molar-refractivity contribution in [1.29, 1.82) is 0 Å². The van der Waals surface area contributed by atoms with Crippen molar-refractivity contribution >= 4 is 46.6 Å². The molecule has 2 rings (SSSR count). The first-order valence-electron chi connectivity index (χ1n) is 9.94. The van der Waals surface area contributed by atoms with E-state index in [0.717, 1.165) is 0 Å². The second kappa shape index (κ2) is 11.1. The maximum atomic E-state index is 13.2. The van der Waals surface area contributed by atoms with E-state index in [1.807, 2.05) is 27.7 Å². The van der Waals surface area contributed by atoms with Gasteiger partial charge in [0.15, 0.2) is 6.61 Å². The first-order valence-corrected chi connectivity index (χ1v) is 11.1. The molecule has 0 heterocycles. The molecule has 0 aliphatic heterocycles. The molecule has 0 fully saturated rings. The van der Waals surface area contributed by atoms with Crippen molar-refractivity contribution in [3.63, 3.8) is 0 Å². The van der Waals surface area contributed by atoms with Crippen LogP contribution in [0.5, 0.6) is 5.75 Å². The Bertz CT molecular complexity index is 929. The van der Waals surface area contributed by atoms with Crippen LogP contribution in [0.15, 0.2) is 42.5 Å². The summed E-state index contributed by atoms with van der Waals surface area (Å²) in [5, 5.41) is 4.26. The molecule has 1 N–H and O–H groups in total. The molecule has 168 valence electrons. The molecule has 0 aliphatic carbocycles. The lowest BCUT2D eigenvalue weighted by Gasteiger charge is -2.33. The monoisotopic (exact) mass is 484 g/mol. The van der Waals surface area contributed by atoms with Gasteiger partial charge in [0.05, 0.1) is 5.02 Å². The number of amides is 2. The predicted molar refractivity (Wildman–Crippen MR) is 126 cm³/mol. The minimum Gasteiger partial charge on any atom is -0.482 e. The van der Waals surface area contributed by atoms with Crippen LogP contribution in [-0.2, 0) is 16.1 Å². The third-order valence-electron chi connectivity index (χ3n) is 4.43. The summed E-state index contributed by atoms with van der Waals surface area (Å²) >= 11 is 18.5. The van der Waals surface area contributed by atoms with E-state index in [1.54, 1.807) is 42.5 Å². The Morgan fingerprint density at radius 2 is 1.74 bits per heavy atom. The quantitative estimate of drug-likeness (QED) is 0.518. The molecule has 2 aromatic rings. The lowest BCUT2D eigenvalue weighted by molar-refractivity contribution is -0.143. The number of ether oxygens (including phenoxy) is 1. The Hall–Kier alpha value is -1.95. The zero-order valence-corrected chi connectivity index (χ0v) is 20.3. The van der Waals surface area contributed by atoms with E-state index in [9.17, 15) is 9.59 Å². The number of hydrogen-bond donors (Lipinski definition) is 1. The van der Waals surface area contributed by atoms with Gasteiger partial charge in [0, 0.05) is 22.1 Å². The molecule has 1 atom stereocenters. The van der Waals surface area contributed by atoms with E-state index in [2.05, 4.69) is 5.32 Å². The summed E-state index contributed by atoms with van der Waals surface area (Å²) in [6, 6.07) is 11.2. The molecule has 0 unspecified atom stereocenters. The van der Waals surface area contributed by atoms with Crippen molar-refractivity contribution in [3.05, 3.63) is 63.1 Å². The lowest BCUT2D eigenvalue weighted by Crippen LogP contribution is -2.54. The van der Waals surface area contributed by atoms with E-state index in [-0.39, 0.29) is 25.0 Å². The molecule has 0 bridgehead atoms. The van der Waals surface area contributed by atoms with Crippen LogP contribution in [0, 0.1) is 0 Å². The molecule has 2 aromatic carbocycles. The summed E-state index contributed by atoms with van der Waals surface area (Å²) < 4.78 is 5.63. The highest BCUT2D eigenvalue weighted by molar-refractivity contribution is 6.35. The second-order valence-electron chi connectivity index (χ2n) is 8.14. The normalized spacial score (nSPS) is 12.2. The van der Waals surface area contributed by atoms with Gasteiger partial charge in [0.2, 0.25) is 5.91 Å². The van der Waals surface area contributed by atoms with Crippen LogP contribution in [0.3, 0.4) is 0 Å². The molecule has 0 aromatic heterocycles. The Morgan fingerprint density at radius 1 is 1.06 bits per heavy atom. The molecule has 5 nitrogen and oxygen atoms in total. The van der Waals surface area contributed by atoms with Gasteiger partial charge in [0.1, 0.15) is 11.8 Å². The fraction of sp³-hybridized carbons (Fsp3) is 0.391. The van der Waals surface area contributed by atoms with E-state index in [0.29, 0.717) is 32.8 Å². The van der Waals surface area contributed by atoms with Crippen LogP contribution in [-0.4, -0.2) is 34.9 Å². The maximum Gasteiger partial charge on any atom is 0.261 e. The first-order chi connectivity index (χ1) is 14.5. The topological polar surface area (TPSA) is 58.6 Å². The number of nitrogens with one attached hydrogen (secondary N) is 1. The van der Waals surface area contributed by atoms with Crippen LogP contribution in [0.2, 0.25) is 15.1 Å². The van der Waals surface area contributed by atoms with Crippen LogP contribution >= 0.6 is 34.8 Å². The van der Waals surface area contributed by atoms with Gasteiger partial charge in [0.25, 0.3) is 5.91 Å². The molecule has 2 amide bonds. The third kappa shape index (κ3) is 7.60. The lowest BCUT2D eigenvalue weighted by atomic mass is 10.1. The number of carbonyl (C=O) groups is 2. The molecule has 31 heavy (non-hydrogen) atoms. The Kier molecular flexibility index (Phi) is 9.04. The molecule has 0 saturated heterocycles. The fourth-order valence-electron chi connectivity index (χ4n) is 2.99. The average Bonchev–Trinajstić information content (AvgIpc) is 2.67. The van der Waals surface area contributed by atoms with E-state index in [4.69, 9.17) is 39.5 Å². The van der Waals surface area contributed by atoms with Gasteiger partial charge < -0.3 is 15.0 Å². The molecule has 0 saturated carbocycles. The molecule has 0 spiro atoms. The number of hydrogen-bond acceptors (Lipinski definition) is 3. The summed E-state index contributed by atoms with van der Waals surface area (Å²) in [4.78, 5) is 27.6. The Morgan fingerprint density at radius 3 is 2.32 bits per heavy atom. The molecular weight excluding hydrogens is 459 g/mol. The van der Waals surface area contributed by atoms with E-state index >= 15 is 0 Å². The van der Waals surface area contributed by atoms with Crippen molar-refractivity contribution in [2.24, 2.45) is 0 Å². The van der Waals surface area contributed by atoms with Crippen LogP contribution < -0.4 is 10.1 Å². The zero-order valence-electron chi connectivity index (χ0n) is 18.0. The summed E-state index contributed by atoms with van der Waals surface area (Å²) in [5.74, 6) is -0.206. The predicted octanol–water partition coefficient (Wildman–Crippen LogP) is 5.75. The Balaban J connectivity index is 2.29. The fourth-order valence-corrected chi connectivity index (χ4v) is 3.65. The molecule has 8 heteroatoms. The molecule has 0 aliphatic rings. The van der Waals surface area contributed by atoms with Gasteiger partial charge in [-0.1, -0.05) is 59.9 Å². The van der Waals surface area contributed by atoms with Gasteiger partial charge in [-0.3, -0.25) is 9.59 Å². The SMILES string of the molecule is CC[C@H](C(=O)NC(C)(C)C)N(Cc1ccc(Cl)cc1Cl)C(=O)COc1ccccc1Cl. The van der Waals surface area contributed by atoms with Gasteiger partial charge in [-0.2, -0.15) is 0 Å².